The molecule has 0 saturated heterocycles. The molecule has 3 nitrogen and oxygen atoms in total. The molecule has 0 atom stereocenters. The summed E-state index contributed by atoms with van der Waals surface area (Å²) in [5, 5.41) is 15.5. The number of hydrogen-bond donors (Lipinski definition) is 1. The van der Waals surface area contributed by atoms with Crippen molar-refractivity contribution in [3.63, 3.8) is 0 Å². The number of rotatable bonds is 2. The minimum Gasteiger partial charge on any atom is -0.386 e. The summed E-state index contributed by atoms with van der Waals surface area (Å²) in [5.41, 5.74) is 1.37. The lowest BCUT2D eigenvalue weighted by Gasteiger charge is -2.17. The van der Waals surface area contributed by atoms with E-state index in [-0.39, 0.29) is 0 Å². The molecule has 0 aliphatic heterocycles. The van der Waals surface area contributed by atoms with E-state index in [1.165, 1.54) is 0 Å². The Morgan fingerprint density at radius 3 is 2.50 bits per heavy atom. The largest absolute Gasteiger partial charge is 0.386 e. The first-order chi connectivity index (χ1) is 8.30. The third kappa shape index (κ3) is 2.39. The molecular formula is C13H14Cl2N2O. The Morgan fingerprint density at radius 1 is 1.28 bits per heavy atom. The number of aromatic nitrogens is 2. The first kappa shape index (κ1) is 13.4. The van der Waals surface area contributed by atoms with Crippen molar-refractivity contribution < 1.29 is 5.11 Å². The standard InChI is InChI=1S/C13H14Cl2N2O/c1-8-10(13(2,3)18)7-16-17(8)12-6-9(14)4-5-11(12)15/h4-7,18H,1-3H3. The van der Waals surface area contributed by atoms with Crippen LogP contribution in [-0.4, -0.2) is 14.9 Å². The summed E-state index contributed by atoms with van der Waals surface area (Å²) in [7, 11) is 0. The molecule has 0 spiro atoms. The second-order valence-electron chi connectivity index (χ2n) is 4.71. The zero-order chi connectivity index (χ0) is 13.5. The van der Waals surface area contributed by atoms with Crippen LogP contribution < -0.4 is 0 Å². The topological polar surface area (TPSA) is 38.1 Å². The fourth-order valence-electron chi connectivity index (χ4n) is 1.90. The van der Waals surface area contributed by atoms with Gasteiger partial charge in [0.1, 0.15) is 0 Å². The van der Waals surface area contributed by atoms with Gasteiger partial charge in [0, 0.05) is 16.3 Å². The fraction of sp³-hybridized carbons (Fsp3) is 0.308. The van der Waals surface area contributed by atoms with E-state index in [1.807, 2.05) is 6.92 Å². The maximum absolute atomic E-state index is 10.0. The van der Waals surface area contributed by atoms with Crippen molar-refractivity contribution in [2.75, 3.05) is 0 Å². The molecule has 0 unspecified atom stereocenters. The number of halogens is 2. The summed E-state index contributed by atoms with van der Waals surface area (Å²) in [4.78, 5) is 0. The van der Waals surface area contributed by atoms with E-state index in [0.29, 0.717) is 15.7 Å². The molecule has 1 N–H and O–H groups in total. The van der Waals surface area contributed by atoms with Gasteiger partial charge in [-0.2, -0.15) is 5.10 Å². The quantitative estimate of drug-likeness (QED) is 0.913. The second kappa shape index (κ2) is 4.57. The Balaban J connectivity index is 2.59. The zero-order valence-electron chi connectivity index (χ0n) is 10.4. The maximum atomic E-state index is 10.0. The zero-order valence-corrected chi connectivity index (χ0v) is 11.9. The van der Waals surface area contributed by atoms with E-state index in [1.54, 1.807) is 42.9 Å². The van der Waals surface area contributed by atoms with E-state index in [4.69, 9.17) is 23.2 Å². The van der Waals surface area contributed by atoms with E-state index in [0.717, 1.165) is 11.3 Å². The monoisotopic (exact) mass is 284 g/mol. The predicted molar refractivity (Wildman–Crippen MR) is 73.6 cm³/mol. The van der Waals surface area contributed by atoms with Crippen molar-refractivity contribution in [1.29, 1.82) is 0 Å². The van der Waals surface area contributed by atoms with Crippen LogP contribution in [0.5, 0.6) is 0 Å². The number of aliphatic hydroxyl groups is 1. The van der Waals surface area contributed by atoms with Crippen molar-refractivity contribution in [2.45, 2.75) is 26.4 Å². The van der Waals surface area contributed by atoms with Gasteiger partial charge in [0.2, 0.25) is 0 Å². The summed E-state index contributed by atoms with van der Waals surface area (Å²) in [6.07, 6.45) is 1.65. The summed E-state index contributed by atoms with van der Waals surface area (Å²) < 4.78 is 1.68. The van der Waals surface area contributed by atoms with Crippen LogP contribution in [0.15, 0.2) is 24.4 Å². The van der Waals surface area contributed by atoms with Gasteiger partial charge >= 0.3 is 0 Å². The Morgan fingerprint density at radius 2 is 1.94 bits per heavy atom. The molecule has 0 aliphatic rings. The molecule has 0 bridgehead atoms. The molecule has 5 heteroatoms. The third-order valence-corrected chi connectivity index (χ3v) is 3.36. The van der Waals surface area contributed by atoms with Crippen molar-refractivity contribution in [2.24, 2.45) is 0 Å². The maximum Gasteiger partial charge on any atom is 0.0873 e. The predicted octanol–water partition coefficient (Wildman–Crippen LogP) is 3.71. The van der Waals surface area contributed by atoms with Crippen LogP contribution in [0.1, 0.15) is 25.1 Å². The van der Waals surface area contributed by atoms with Crippen LogP contribution >= 0.6 is 23.2 Å². The van der Waals surface area contributed by atoms with Gasteiger partial charge in [0.25, 0.3) is 0 Å². The van der Waals surface area contributed by atoms with Crippen molar-refractivity contribution in [1.82, 2.24) is 9.78 Å². The minimum absolute atomic E-state index is 0.563. The van der Waals surface area contributed by atoms with E-state index in [2.05, 4.69) is 5.10 Å². The average molecular weight is 285 g/mol. The second-order valence-corrected chi connectivity index (χ2v) is 5.55. The Kier molecular flexibility index (Phi) is 3.41. The van der Waals surface area contributed by atoms with E-state index in [9.17, 15) is 5.11 Å². The third-order valence-electron chi connectivity index (χ3n) is 2.81. The van der Waals surface area contributed by atoms with Gasteiger partial charge in [0.05, 0.1) is 22.5 Å². The molecule has 1 aromatic carbocycles. The highest BCUT2D eigenvalue weighted by molar-refractivity contribution is 6.34. The average Bonchev–Trinajstić information content (AvgIpc) is 2.63. The van der Waals surface area contributed by atoms with Gasteiger partial charge < -0.3 is 5.11 Å². The van der Waals surface area contributed by atoms with Crippen LogP contribution in [0.2, 0.25) is 10.0 Å². The highest BCUT2D eigenvalue weighted by Gasteiger charge is 2.22. The Labute approximate surface area is 116 Å². The summed E-state index contributed by atoms with van der Waals surface area (Å²) in [6, 6.07) is 5.20. The minimum atomic E-state index is -0.937. The molecular weight excluding hydrogens is 271 g/mol. The van der Waals surface area contributed by atoms with Crippen molar-refractivity contribution >= 4 is 23.2 Å². The normalized spacial score (nSPS) is 11.9. The molecule has 0 saturated carbocycles. The Hall–Kier alpha value is -1.03. The van der Waals surface area contributed by atoms with E-state index >= 15 is 0 Å². The SMILES string of the molecule is Cc1c(C(C)(C)O)cnn1-c1cc(Cl)ccc1Cl. The lowest BCUT2D eigenvalue weighted by atomic mass is 10.00. The van der Waals surface area contributed by atoms with Crippen LogP contribution in [0.3, 0.4) is 0 Å². The summed E-state index contributed by atoms with van der Waals surface area (Å²) in [6.45, 7) is 5.33. The molecule has 1 heterocycles. The van der Waals surface area contributed by atoms with Crippen LogP contribution in [-0.2, 0) is 5.60 Å². The van der Waals surface area contributed by atoms with Crippen LogP contribution in [0.4, 0.5) is 0 Å². The molecule has 0 radical (unpaired) electrons. The molecule has 1 aromatic heterocycles. The van der Waals surface area contributed by atoms with Gasteiger partial charge in [-0.3, -0.25) is 0 Å². The van der Waals surface area contributed by atoms with Gasteiger partial charge in [-0.15, -0.1) is 0 Å². The van der Waals surface area contributed by atoms with Gasteiger partial charge in [-0.05, 0) is 39.0 Å². The first-order valence-corrected chi connectivity index (χ1v) is 6.29. The van der Waals surface area contributed by atoms with Crippen molar-refractivity contribution in [3.05, 3.63) is 45.7 Å². The molecule has 0 aliphatic carbocycles. The van der Waals surface area contributed by atoms with Gasteiger partial charge in [-0.25, -0.2) is 4.68 Å². The lowest BCUT2D eigenvalue weighted by Crippen LogP contribution is -2.16. The summed E-state index contributed by atoms with van der Waals surface area (Å²) in [5.74, 6) is 0. The summed E-state index contributed by atoms with van der Waals surface area (Å²) >= 11 is 12.1. The smallest absolute Gasteiger partial charge is 0.0873 e. The fourth-order valence-corrected chi connectivity index (χ4v) is 2.27. The number of benzene rings is 1. The molecule has 2 aromatic rings. The Bertz CT molecular complexity index is 585. The van der Waals surface area contributed by atoms with Gasteiger partial charge in [0.15, 0.2) is 0 Å². The first-order valence-electron chi connectivity index (χ1n) is 5.53. The molecule has 2 rings (SSSR count). The molecule has 0 fully saturated rings. The van der Waals surface area contributed by atoms with Crippen LogP contribution in [0.25, 0.3) is 5.69 Å². The molecule has 96 valence electrons. The van der Waals surface area contributed by atoms with Crippen molar-refractivity contribution in [3.8, 4) is 5.69 Å². The highest BCUT2D eigenvalue weighted by atomic mass is 35.5. The van der Waals surface area contributed by atoms with Crippen LogP contribution in [0, 0.1) is 6.92 Å². The van der Waals surface area contributed by atoms with E-state index < -0.39 is 5.60 Å². The number of nitrogens with zero attached hydrogens (tertiary/aromatic N) is 2. The highest BCUT2D eigenvalue weighted by Crippen LogP contribution is 2.29. The van der Waals surface area contributed by atoms with Gasteiger partial charge in [-0.1, -0.05) is 23.2 Å². The molecule has 18 heavy (non-hydrogen) atoms. The lowest BCUT2D eigenvalue weighted by molar-refractivity contribution is 0.0779. The molecule has 0 amide bonds. The number of hydrogen-bond acceptors (Lipinski definition) is 2.